The van der Waals surface area contributed by atoms with Crippen LogP contribution in [0, 0.1) is 0 Å². The van der Waals surface area contributed by atoms with Gasteiger partial charge in [0.25, 0.3) is 0 Å². The Morgan fingerprint density at radius 3 is 2.94 bits per heavy atom. The molecule has 0 aromatic heterocycles. The highest BCUT2D eigenvalue weighted by Gasteiger charge is 2.31. The van der Waals surface area contributed by atoms with Gasteiger partial charge in [0, 0.05) is 29.1 Å². The van der Waals surface area contributed by atoms with Crippen molar-refractivity contribution in [2.75, 3.05) is 0 Å². The molecular weight excluding hydrogens is 222 g/mol. The van der Waals surface area contributed by atoms with Crippen LogP contribution in [0.2, 0.25) is 5.02 Å². The zero-order valence-electron chi connectivity index (χ0n) is 9.37. The highest BCUT2D eigenvalue weighted by atomic mass is 35.5. The van der Waals surface area contributed by atoms with E-state index in [1.165, 1.54) is 18.4 Å². The van der Waals surface area contributed by atoms with Crippen LogP contribution in [-0.2, 0) is 0 Å². The van der Waals surface area contributed by atoms with Crippen molar-refractivity contribution in [3.8, 4) is 5.75 Å². The van der Waals surface area contributed by atoms with Crippen LogP contribution in [0.1, 0.15) is 37.8 Å². The minimum atomic E-state index is 0.282. The molecule has 1 heterocycles. The summed E-state index contributed by atoms with van der Waals surface area (Å²) in [5.74, 6) is 0.987. The minimum absolute atomic E-state index is 0.282. The van der Waals surface area contributed by atoms with Crippen LogP contribution in [0.3, 0.4) is 0 Å². The van der Waals surface area contributed by atoms with E-state index in [9.17, 15) is 0 Å². The fraction of sp³-hybridized carbons (Fsp3) is 0.538. The lowest BCUT2D eigenvalue weighted by Gasteiger charge is -2.31. The minimum Gasteiger partial charge on any atom is -0.490 e. The van der Waals surface area contributed by atoms with E-state index >= 15 is 0 Å². The molecule has 1 saturated carbocycles. The number of rotatable bonds is 2. The van der Waals surface area contributed by atoms with Gasteiger partial charge in [0.15, 0.2) is 0 Å². The molecule has 0 amide bonds. The maximum absolute atomic E-state index is 6.05. The number of hydrogen-bond donors (Lipinski definition) is 1. The van der Waals surface area contributed by atoms with E-state index in [2.05, 4.69) is 12.2 Å². The summed E-state index contributed by atoms with van der Waals surface area (Å²) in [6, 6.07) is 7.02. The van der Waals surface area contributed by atoms with Gasteiger partial charge in [-0.2, -0.15) is 0 Å². The quantitative estimate of drug-likeness (QED) is 0.852. The molecule has 1 aromatic rings. The summed E-state index contributed by atoms with van der Waals surface area (Å²) >= 11 is 6.05. The molecular formula is C13H16ClNO. The second-order valence-corrected chi connectivity index (χ2v) is 5.28. The lowest BCUT2D eigenvalue weighted by molar-refractivity contribution is 0.166. The molecule has 2 nitrogen and oxygen atoms in total. The van der Waals surface area contributed by atoms with Crippen LogP contribution in [0.15, 0.2) is 18.2 Å². The first-order valence-electron chi connectivity index (χ1n) is 5.94. The van der Waals surface area contributed by atoms with Crippen LogP contribution >= 0.6 is 11.6 Å². The number of benzene rings is 1. The Kier molecular flexibility index (Phi) is 2.56. The molecule has 1 aliphatic heterocycles. The Morgan fingerprint density at radius 2 is 2.19 bits per heavy atom. The zero-order chi connectivity index (χ0) is 11.1. The predicted octanol–water partition coefficient (Wildman–Crippen LogP) is 3.30. The van der Waals surface area contributed by atoms with Crippen molar-refractivity contribution in [2.45, 2.75) is 44.4 Å². The number of nitrogens with one attached hydrogen (secondary N) is 1. The van der Waals surface area contributed by atoms with Gasteiger partial charge in [-0.05, 0) is 38.0 Å². The zero-order valence-corrected chi connectivity index (χ0v) is 10.1. The average molecular weight is 238 g/mol. The number of fused-ring (bicyclic) bond motifs is 1. The molecule has 0 spiro atoms. The summed E-state index contributed by atoms with van der Waals surface area (Å²) in [4.78, 5) is 0. The molecule has 2 aliphatic rings. The second kappa shape index (κ2) is 3.94. The summed E-state index contributed by atoms with van der Waals surface area (Å²) in [6.45, 7) is 2.12. The van der Waals surface area contributed by atoms with E-state index in [0.29, 0.717) is 12.1 Å². The lowest BCUT2D eigenvalue weighted by Crippen LogP contribution is -2.32. The first-order valence-corrected chi connectivity index (χ1v) is 6.32. The summed E-state index contributed by atoms with van der Waals surface area (Å²) in [6.07, 6.45) is 3.93. The third kappa shape index (κ3) is 2.04. The molecule has 1 N–H and O–H groups in total. The van der Waals surface area contributed by atoms with Gasteiger partial charge in [0.1, 0.15) is 5.75 Å². The molecule has 0 bridgehead atoms. The van der Waals surface area contributed by atoms with Crippen LogP contribution in [-0.4, -0.2) is 12.1 Å². The van der Waals surface area contributed by atoms with Crippen molar-refractivity contribution in [3.63, 3.8) is 0 Å². The molecule has 16 heavy (non-hydrogen) atoms. The summed E-state index contributed by atoms with van der Waals surface area (Å²) < 4.78 is 5.82. The maximum atomic E-state index is 6.05. The molecule has 0 saturated heterocycles. The van der Waals surface area contributed by atoms with Crippen molar-refractivity contribution in [1.29, 1.82) is 0 Å². The van der Waals surface area contributed by atoms with Crippen molar-refractivity contribution in [3.05, 3.63) is 28.8 Å². The number of hydrogen-bond acceptors (Lipinski definition) is 2. The Hall–Kier alpha value is -0.730. The van der Waals surface area contributed by atoms with Crippen LogP contribution in [0.25, 0.3) is 0 Å². The highest BCUT2D eigenvalue weighted by molar-refractivity contribution is 6.30. The molecule has 86 valence electrons. The van der Waals surface area contributed by atoms with Gasteiger partial charge >= 0.3 is 0 Å². The molecule has 1 fully saturated rings. The van der Waals surface area contributed by atoms with E-state index in [4.69, 9.17) is 16.3 Å². The Morgan fingerprint density at radius 1 is 1.38 bits per heavy atom. The summed E-state index contributed by atoms with van der Waals surface area (Å²) in [5, 5.41) is 4.46. The molecule has 3 rings (SSSR count). The van der Waals surface area contributed by atoms with Gasteiger partial charge in [-0.15, -0.1) is 0 Å². The van der Waals surface area contributed by atoms with Gasteiger partial charge in [-0.1, -0.05) is 11.6 Å². The van der Waals surface area contributed by atoms with Gasteiger partial charge in [-0.25, -0.2) is 0 Å². The fourth-order valence-electron chi connectivity index (χ4n) is 2.32. The van der Waals surface area contributed by atoms with Gasteiger partial charge < -0.3 is 10.1 Å². The molecule has 0 radical (unpaired) electrons. The third-order valence-electron chi connectivity index (χ3n) is 3.26. The monoisotopic (exact) mass is 237 g/mol. The van der Waals surface area contributed by atoms with E-state index in [0.717, 1.165) is 17.2 Å². The largest absolute Gasteiger partial charge is 0.490 e. The number of halogens is 1. The molecule has 2 unspecified atom stereocenters. The van der Waals surface area contributed by atoms with Gasteiger partial charge in [0.05, 0.1) is 6.10 Å². The maximum Gasteiger partial charge on any atom is 0.124 e. The third-order valence-corrected chi connectivity index (χ3v) is 3.49. The molecule has 3 heteroatoms. The van der Waals surface area contributed by atoms with E-state index in [1.54, 1.807) is 0 Å². The lowest BCUT2D eigenvalue weighted by atomic mass is 9.97. The van der Waals surface area contributed by atoms with Gasteiger partial charge in [0.2, 0.25) is 0 Å². The number of ether oxygens (including phenoxy) is 1. The Labute approximate surface area is 101 Å². The predicted molar refractivity (Wildman–Crippen MR) is 65.1 cm³/mol. The fourth-order valence-corrected chi connectivity index (χ4v) is 2.50. The smallest absolute Gasteiger partial charge is 0.124 e. The average Bonchev–Trinajstić information content (AvgIpc) is 3.03. The molecule has 1 aliphatic carbocycles. The van der Waals surface area contributed by atoms with Crippen molar-refractivity contribution in [1.82, 2.24) is 5.32 Å². The van der Waals surface area contributed by atoms with Crippen LogP contribution in [0.5, 0.6) is 5.75 Å². The van der Waals surface area contributed by atoms with E-state index in [-0.39, 0.29) is 6.10 Å². The van der Waals surface area contributed by atoms with Gasteiger partial charge in [-0.3, -0.25) is 0 Å². The second-order valence-electron chi connectivity index (χ2n) is 4.84. The Balaban J connectivity index is 1.91. The normalized spacial score (nSPS) is 28.4. The first kappa shape index (κ1) is 10.4. The SMILES string of the molecule is CC1CC(NC2CC2)c2cc(Cl)ccc2O1. The first-order chi connectivity index (χ1) is 7.72. The topological polar surface area (TPSA) is 21.3 Å². The molecule has 2 atom stereocenters. The summed E-state index contributed by atoms with van der Waals surface area (Å²) in [7, 11) is 0. The van der Waals surface area contributed by atoms with E-state index < -0.39 is 0 Å². The summed E-state index contributed by atoms with van der Waals surface area (Å²) in [5.41, 5.74) is 1.22. The standard InChI is InChI=1S/C13H16ClNO/c1-8-6-12(15-10-3-4-10)11-7-9(14)2-5-13(11)16-8/h2,5,7-8,10,12,15H,3-4,6H2,1H3. The van der Waals surface area contributed by atoms with Crippen molar-refractivity contribution < 1.29 is 4.74 Å². The van der Waals surface area contributed by atoms with Crippen LogP contribution < -0.4 is 10.1 Å². The highest BCUT2D eigenvalue weighted by Crippen LogP contribution is 2.38. The van der Waals surface area contributed by atoms with Crippen molar-refractivity contribution in [2.24, 2.45) is 0 Å². The van der Waals surface area contributed by atoms with Crippen LogP contribution in [0.4, 0.5) is 0 Å². The molecule has 1 aromatic carbocycles. The van der Waals surface area contributed by atoms with E-state index in [1.807, 2.05) is 18.2 Å². The Bertz CT molecular complexity index is 403. The van der Waals surface area contributed by atoms with Crippen molar-refractivity contribution >= 4 is 11.6 Å².